The monoisotopic (exact) mass is 376 g/mol. The molecule has 3 nitrogen and oxygen atoms in total. The molecule has 1 amide bonds. The molecule has 2 N–H and O–H groups in total. The van der Waals surface area contributed by atoms with Gasteiger partial charge in [0.1, 0.15) is 0 Å². The molecular formula is C20H25ClN2OS. The first-order chi connectivity index (χ1) is 12.2. The lowest BCUT2D eigenvalue weighted by atomic mass is 10.1. The molecule has 0 aliphatic carbocycles. The molecule has 0 heterocycles. The molecule has 2 aromatic carbocycles. The standard InChI is InChI=1S/C20H25ClN2OS/c1-22-14-4-5-15-23-20(24)13-8-16-6-2-3-7-19(16)25-18-11-9-17(21)10-12-18/h2-3,6-7,9-12,22H,4-5,8,13-15H2,1H3,(H,23,24). The number of aryl methyl sites for hydroxylation is 1. The van der Waals surface area contributed by atoms with Gasteiger partial charge < -0.3 is 10.6 Å². The predicted molar refractivity (Wildman–Crippen MR) is 107 cm³/mol. The number of nitrogens with one attached hydrogen (secondary N) is 2. The number of hydrogen-bond donors (Lipinski definition) is 2. The molecule has 0 atom stereocenters. The van der Waals surface area contributed by atoms with Gasteiger partial charge in [-0.3, -0.25) is 4.79 Å². The van der Waals surface area contributed by atoms with E-state index < -0.39 is 0 Å². The van der Waals surface area contributed by atoms with Crippen LogP contribution >= 0.6 is 23.4 Å². The van der Waals surface area contributed by atoms with Crippen molar-refractivity contribution in [1.82, 2.24) is 10.6 Å². The molecule has 0 fully saturated rings. The lowest BCUT2D eigenvalue weighted by Gasteiger charge is -2.10. The van der Waals surface area contributed by atoms with E-state index in [-0.39, 0.29) is 5.91 Å². The quantitative estimate of drug-likeness (QED) is 0.598. The second kappa shape index (κ2) is 11.2. The largest absolute Gasteiger partial charge is 0.356 e. The lowest BCUT2D eigenvalue weighted by molar-refractivity contribution is -0.121. The summed E-state index contributed by atoms with van der Waals surface area (Å²) in [7, 11) is 1.94. The average molecular weight is 377 g/mol. The molecule has 0 saturated carbocycles. The number of carbonyl (C=O) groups excluding carboxylic acids is 1. The summed E-state index contributed by atoms with van der Waals surface area (Å²) in [6.07, 6.45) is 3.36. The normalized spacial score (nSPS) is 10.6. The number of hydrogen-bond acceptors (Lipinski definition) is 3. The minimum absolute atomic E-state index is 0.121. The van der Waals surface area contributed by atoms with E-state index in [0.29, 0.717) is 6.42 Å². The van der Waals surface area contributed by atoms with E-state index in [1.165, 1.54) is 10.5 Å². The van der Waals surface area contributed by atoms with Gasteiger partial charge in [-0.25, -0.2) is 0 Å². The average Bonchev–Trinajstić information content (AvgIpc) is 2.63. The van der Waals surface area contributed by atoms with Crippen LogP contribution in [0.25, 0.3) is 0 Å². The number of rotatable bonds is 10. The Morgan fingerprint density at radius 3 is 2.52 bits per heavy atom. The molecule has 0 unspecified atom stereocenters. The van der Waals surface area contributed by atoms with Crippen molar-refractivity contribution in [3.63, 3.8) is 0 Å². The summed E-state index contributed by atoms with van der Waals surface area (Å²) < 4.78 is 0. The molecule has 0 spiro atoms. The van der Waals surface area contributed by atoms with Crippen molar-refractivity contribution in [1.29, 1.82) is 0 Å². The summed E-state index contributed by atoms with van der Waals surface area (Å²) in [6, 6.07) is 16.1. The van der Waals surface area contributed by atoms with Crippen molar-refractivity contribution < 1.29 is 4.79 Å². The fourth-order valence-electron chi connectivity index (χ4n) is 2.43. The van der Waals surface area contributed by atoms with Crippen LogP contribution in [0.15, 0.2) is 58.3 Å². The highest BCUT2D eigenvalue weighted by Gasteiger charge is 2.07. The third kappa shape index (κ3) is 7.51. The number of benzene rings is 2. The fourth-order valence-corrected chi connectivity index (χ4v) is 3.53. The highest BCUT2D eigenvalue weighted by molar-refractivity contribution is 7.99. The van der Waals surface area contributed by atoms with Gasteiger partial charge in [-0.05, 0) is 68.8 Å². The van der Waals surface area contributed by atoms with Crippen LogP contribution in [-0.2, 0) is 11.2 Å². The second-order valence-electron chi connectivity index (χ2n) is 5.82. The van der Waals surface area contributed by atoms with Crippen LogP contribution in [0.3, 0.4) is 0 Å². The predicted octanol–water partition coefficient (Wildman–Crippen LogP) is 4.54. The van der Waals surface area contributed by atoms with Crippen LogP contribution in [0.5, 0.6) is 0 Å². The van der Waals surface area contributed by atoms with E-state index in [0.717, 1.165) is 42.3 Å². The minimum atomic E-state index is 0.121. The molecule has 0 aliphatic heterocycles. The van der Waals surface area contributed by atoms with Crippen molar-refractivity contribution in [3.8, 4) is 0 Å². The van der Waals surface area contributed by atoms with Crippen molar-refractivity contribution in [2.75, 3.05) is 20.1 Å². The Kier molecular flexibility index (Phi) is 8.87. The van der Waals surface area contributed by atoms with Gasteiger partial charge in [0.2, 0.25) is 5.91 Å². The maximum Gasteiger partial charge on any atom is 0.220 e. The topological polar surface area (TPSA) is 41.1 Å². The van der Waals surface area contributed by atoms with Gasteiger partial charge in [-0.1, -0.05) is 41.6 Å². The van der Waals surface area contributed by atoms with Crippen LogP contribution in [0, 0.1) is 0 Å². The first-order valence-electron chi connectivity index (χ1n) is 8.61. The lowest BCUT2D eigenvalue weighted by Crippen LogP contribution is -2.25. The maximum atomic E-state index is 12.0. The first kappa shape index (κ1) is 19.8. The van der Waals surface area contributed by atoms with Gasteiger partial charge in [0.15, 0.2) is 0 Å². The Balaban J connectivity index is 1.83. The highest BCUT2D eigenvalue weighted by atomic mass is 35.5. The molecule has 2 aromatic rings. The van der Waals surface area contributed by atoms with Crippen molar-refractivity contribution in [3.05, 3.63) is 59.1 Å². The highest BCUT2D eigenvalue weighted by Crippen LogP contribution is 2.31. The van der Waals surface area contributed by atoms with Gasteiger partial charge in [0.05, 0.1) is 0 Å². The molecule has 0 aromatic heterocycles. The van der Waals surface area contributed by atoms with Gasteiger partial charge >= 0.3 is 0 Å². The third-order valence-electron chi connectivity index (χ3n) is 3.81. The van der Waals surface area contributed by atoms with Gasteiger partial charge in [0.25, 0.3) is 0 Å². The van der Waals surface area contributed by atoms with Gasteiger partial charge in [0, 0.05) is 27.8 Å². The number of unbranched alkanes of at least 4 members (excludes halogenated alkanes) is 1. The van der Waals surface area contributed by atoms with Gasteiger partial charge in [-0.2, -0.15) is 0 Å². The smallest absolute Gasteiger partial charge is 0.220 e. The van der Waals surface area contributed by atoms with Crippen LogP contribution in [0.1, 0.15) is 24.8 Å². The Hall–Kier alpha value is -1.49. The second-order valence-corrected chi connectivity index (χ2v) is 7.38. The van der Waals surface area contributed by atoms with Crippen LogP contribution in [0.2, 0.25) is 5.02 Å². The molecule has 134 valence electrons. The molecule has 25 heavy (non-hydrogen) atoms. The molecule has 0 aliphatic rings. The SMILES string of the molecule is CNCCCCNC(=O)CCc1ccccc1Sc1ccc(Cl)cc1. The summed E-state index contributed by atoms with van der Waals surface area (Å²) >= 11 is 7.65. The number of halogens is 1. The summed E-state index contributed by atoms with van der Waals surface area (Å²) in [5.74, 6) is 0.121. The first-order valence-corrected chi connectivity index (χ1v) is 9.81. The summed E-state index contributed by atoms with van der Waals surface area (Å²) in [4.78, 5) is 14.3. The zero-order chi connectivity index (χ0) is 17.9. The number of amides is 1. The minimum Gasteiger partial charge on any atom is -0.356 e. The summed E-state index contributed by atoms with van der Waals surface area (Å²) in [6.45, 7) is 1.74. The number of carbonyl (C=O) groups is 1. The van der Waals surface area contributed by atoms with Gasteiger partial charge in [-0.15, -0.1) is 0 Å². The Morgan fingerprint density at radius 1 is 1.04 bits per heavy atom. The fraction of sp³-hybridized carbons (Fsp3) is 0.350. The van der Waals surface area contributed by atoms with Crippen LogP contribution in [0.4, 0.5) is 0 Å². The zero-order valence-corrected chi connectivity index (χ0v) is 16.1. The van der Waals surface area contributed by atoms with E-state index >= 15 is 0 Å². The van der Waals surface area contributed by atoms with Crippen molar-refractivity contribution in [2.24, 2.45) is 0 Å². The molecule has 2 rings (SSSR count). The van der Waals surface area contributed by atoms with Crippen LogP contribution in [-0.4, -0.2) is 26.0 Å². The Labute approximate surface area is 159 Å². The van der Waals surface area contributed by atoms with E-state index in [1.54, 1.807) is 11.8 Å². The zero-order valence-electron chi connectivity index (χ0n) is 14.6. The van der Waals surface area contributed by atoms with Crippen LogP contribution < -0.4 is 10.6 Å². The molecule has 0 radical (unpaired) electrons. The molecule has 0 bridgehead atoms. The van der Waals surface area contributed by atoms with Crippen molar-refractivity contribution >= 4 is 29.3 Å². The maximum absolute atomic E-state index is 12.0. The Bertz CT molecular complexity index is 661. The van der Waals surface area contributed by atoms with E-state index in [4.69, 9.17) is 11.6 Å². The van der Waals surface area contributed by atoms with E-state index in [1.807, 2.05) is 43.4 Å². The molecule has 0 saturated heterocycles. The summed E-state index contributed by atoms with van der Waals surface area (Å²) in [5.41, 5.74) is 1.20. The molecular weight excluding hydrogens is 352 g/mol. The third-order valence-corrected chi connectivity index (χ3v) is 5.19. The van der Waals surface area contributed by atoms with Crippen molar-refractivity contribution in [2.45, 2.75) is 35.5 Å². The van der Waals surface area contributed by atoms with E-state index in [2.05, 4.69) is 22.8 Å². The van der Waals surface area contributed by atoms with E-state index in [9.17, 15) is 4.79 Å². The molecule has 5 heteroatoms. The Morgan fingerprint density at radius 2 is 1.76 bits per heavy atom. The summed E-state index contributed by atoms with van der Waals surface area (Å²) in [5, 5.41) is 6.85.